The summed E-state index contributed by atoms with van der Waals surface area (Å²) in [5.74, 6) is -0.354. The average Bonchev–Trinajstić information content (AvgIpc) is 2.44. The van der Waals surface area contributed by atoms with Crippen LogP contribution in [0.4, 0.5) is 4.79 Å². The predicted molar refractivity (Wildman–Crippen MR) is 78.7 cm³/mol. The second-order valence-electron chi connectivity index (χ2n) is 4.27. The van der Waals surface area contributed by atoms with Crippen molar-refractivity contribution in [3.63, 3.8) is 0 Å². The lowest BCUT2D eigenvalue weighted by molar-refractivity contribution is -0.139. The number of thioether (sulfide) groups is 1. The lowest BCUT2D eigenvalue weighted by Crippen LogP contribution is -2.46. The summed E-state index contributed by atoms with van der Waals surface area (Å²) in [5.41, 5.74) is 0.721. The van der Waals surface area contributed by atoms with Gasteiger partial charge in [0.1, 0.15) is 6.04 Å². The zero-order valence-corrected chi connectivity index (χ0v) is 12.3. The Kier molecular flexibility index (Phi) is 6.86. The third-order valence-corrected chi connectivity index (χ3v) is 3.34. The topological polar surface area (TPSA) is 91.3 Å². The lowest BCUT2D eigenvalue weighted by Gasteiger charge is -2.17. The van der Waals surface area contributed by atoms with Crippen molar-refractivity contribution >= 4 is 23.8 Å². The molecule has 0 fully saturated rings. The average molecular weight is 297 g/mol. The number of urea groups is 1. The fraction of sp³-hybridized carbons (Fsp3) is 0.462. The molecular weight excluding hydrogens is 278 g/mol. The van der Waals surface area contributed by atoms with Gasteiger partial charge in [-0.15, -0.1) is 0 Å². The van der Waals surface area contributed by atoms with Gasteiger partial charge in [-0.25, -0.2) is 9.59 Å². The first-order valence-corrected chi connectivity index (χ1v) is 7.63. The van der Waals surface area contributed by atoms with Crippen LogP contribution < -0.4 is 10.6 Å². The highest BCUT2D eigenvalue weighted by atomic mass is 32.2. The van der Waals surface area contributed by atoms with Crippen LogP contribution in [-0.4, -0.2) is 40.1 Å². The summed E-state index contributed by atoms with van der Waals surface area (Å²) in [4.78, 5) is 27.0. The number of pyridine rings is 1. The second kappa shape index (κ2) is 8.42. The molecule has 1 aromatic heterocycles. The summed E-state index contributed by atoms with van der Waals surface area (Å²) < 4.78 is 0. The molecule has 0 aromatic carbocycles. The van der Waals surface area contributed by atoms with Gasteiger partial charge in [-0.3, -0.25) is 4.98 Å². The number of nitrogens with one attached hydrogen (secondary N) is 2. The van der Waals surface area contributed by atoms with E-state index in [-0.39, 0.29) is 6.04 Å². The van der Waals surface area contributed by atoms with Crippen molar-refractivity contribution in [3.05, 3.63) is 30.1 Å². The molecule has 2 atom stereocenters. The van der Waals surface area contributed by atoms with Crippen molar-refractivity contribution in [1.29, 1.82) is 0 Å². The summed E-state index contributed by atoms with van der Waals surface area (Å²) >= 11 is 1.54. The van der Waals surface area contributed by atoms with E-state index in [4.69, 9.17) is 5.11 Å². The van der Waals surface area contributed by atoms with Crippen molar-refractivity contribution in [2.75, 3.05) is 12.0 Å². The number of nitrogens with zero attached hydrogens (tertiary/aromatic N) is 1. The zero-order chi connectivity index (χ0) is 15.0. The zero-order valence-electron chi connectivity index (χ0n) is 11.5. The maximum absolute atomic E-state index is 11.8. The molecule has 0 aliphatic heterocycles. The Labute approximate surface area is 122 Å². The van der Waals surface area contributed by atoms with Gasteiger partial charge < -0.3 is 15.7 Å². The van der Waals surface area contributed by atoms with Crippen LogP contribution in [0.3, 0.4) is 0 Å². The third-order valence-electron chi connectivity index (χ3n) is 2.69. The van der Waals surface area contributed by atoms with Gasteiger partial charge in [0.05, 0.1) is 11.7 Å². The predicted octanol–water partition coefficient (Wildman–Crippen LogP) is 1.65. The Bertz CT molecular complexity index is 442. The third kappa shape index (κ3) is 5.48. The molecule has 7 heteroatoms. The number of hydrogen-bond donors (Lipinski definition) is 3. The molecule has 0 bridgehead atoms. The number of carboxylic acid groups (broad SMARTS) is 1. The van der Waals surface area contributed by atoms with Crippen molar-refractivity contribution in [1.82, 2.24) is 15.6 Å². The Morgan fingerprint density at radius 2 is 2.15 bits per heavy atom. The van der Waals surface area contributed by atoms with Gasteiger partial charge in [0.25, 0.3) is 0 Å². The van der Waals surface area contributed by atoms with Gasteiger partial charge in [0.2, 0.25) is 0 Å². The molecular formula is C13H19N3O3S. The van der Waals surface area contributed by atoms with E-state index < -0.39 is 18.0 Å². The molecule has 0 saturated heterocycles. The molecule has 1 rings (SSSR count). The van der Waals surface area contributed by atoms with Gasteiger partial charge in [0, 0.05) is 6.20 Å². The van der Waals surface area contributed by atoms with Crippen LogP contribution in [0.1, 0.15) is 25.1 Å². The highest BCUT2D eigenvalue weighted by Gasteiger charge is 2.20. The maximum Gasteiger partial charge on any atom is 0.326 e. The van der Waals surface area contributed by atoms with E-state index in [0.29, 0.717) is 12.2 Å². The van der Waals surface area contributed by atoms with E-state index in [1.165, 1.54) is 0 Å². The minimum absolute atomic E-state index is 0.286. The molecule has 0 spiro atoms. The first-order valence-electron chi connectivity index (χ1n) is 6.24. The first-order chi connectivity index (χ1) is 9.54. The van der Waals surface area contributed by atoms with Crippen molar-refractivity contribution in [2.24, 2.45) is 0 Å². The number of aliphatic carboxylic acids is 1. The summed E-state index contributed by atoms with van der Waals surface area (Å²) in [7, 11) is 0. The highest BCUT2D eigenvalue weighted by molar-refractivity contribution is 7.98. The molecule has 0 aliphatic carbocycles. The number of carbonyl (C=O) groups excluding carboxylic acids is 1. The van der Waals surface area contributed by atoms with E-state index >= 15 is 0 Å². The number of rotatable bonds is 7. The van der Waals surface area contributed by atoms with Crippen LogP contribution in [-0.2, 0) is 4.79 Å². The van der Waals surface area contributed by atoms with E-state index in [0.717, 1.165) is 5.69 Å². The van der Waals surface area contributed by atoms with Crippen LogP contribution >= 0.6 is 11.8 Å². The monoisotopic (exact) mass is 297 g/mol. The number of amides is 2. The number of carboxylic acids is 1. The van der Waals surface area contributed by atoms with Crippen LogP contribution in [0.15, 0.2) is 24.4 Å². The van der Waals surface area contributed by atoms with Crippen LogP contribution in [0, 0.1) is 0 Å². The summed E-state index contributed by atoms with van der Waals surface area (Å²) in [6, 6.07) is 3.75. The Morgan fingerprint density at radius 1 is 1.40 bits per heavy atom. The van der Waals surface area contributed by atoms with E-state index in [2.05, 4.69) is 15.6 Å². The minimum Gasteiger partial charge on any atom is -0.480 e. The van der Waals surface area contributed by atoms with Crippen molar-refractivity contribution < 1.29 is 14.7 Å². The maximum atomic E-state index is 11.8. The minimum atomic E-state index is -1.03. The standard InChI is InChI=1S/C13H19N3O3S/c1-9(10-5-3-4-7-14-10)15-13(19)16-11(12(17)18)6-8-20-2/h3-5,7,9,11H,6,8H2,1-2H3,(H,17,18)(H2,15,16,19). The molecule has 20 heavy (non-hydrogen) atoms. The molecule has 6 nitrogen and oxygen atoms in total. The molecule has 2 unspecified atom stereocenters. The number of aromatic nitrogens is 1. The summed E-state index contributed by atoms with van der Waals surface area (Å²) in [6.07, 6.45) is 3.92. The van der Waals surface area contributed by atoms with Crippen molar-refractivity contribution in [2.45, 2.75) is 25.4 Å². The Balaban J connectivity index is 2.51. The molecule has 2 amide bonds. The summed E-state index contributed by atoms with van der Waals surface area (Å²) in [5, 5.41) is 14.2. The van der Waals surface area contributed by atoms with E-state index in [9.17, 15) is 9.59 Å². The molecule has 1 heterocycles. The second-order valence-corrected chi connectivity index (χ2v) is 5.25. The van der Waals surface area contributed by atoms with Gasteiger partial charge in [0.15, 0.2) is 0 Å². The van der Waals surface area contributed by atoms with Crippen LogP contribution in [0.5, 0.6) is 0 Å². The molecule has 1 aromatic rings. The van der Waals surface area contributed by atoms with Gasteiger partial charge in [-0.05, 0) is 37.5 Å². The summed E-state index contributed by atoms with van der Waals surface area (Å²) in [6.45, 7) is 1.79. The molecule has 110 valence electrons. The fourth-order valence-electron chi connectivity index (χ4n) is 1.60. The quantitative estimate of drug-likeness (QED) is 0.712. The normalized spacial score (nSPS) is 13.3. The molecule has 0 radical (unpaired) electrons. The van der Waals surface area contributed by atoms with Gasteiger partial charge in [-0.2, -0.15) is 11.8 Å². The molecule has 0 aliphatic rings. The first kappa shape index (κ1) is 16.3. The van der Waals surface area contributed by atoms with E-state index in [1.54, 1.807) is 37.0 Å². The van der Waals surface area contributed by atoms with Crippen molar-refractivity contribution in [3.8, 4) is 0 Å². The number of hydrogen-bond acceptors (Lipinski definition) is 4. The lowest BCUT2D eigenvalue weighted by atomic mass is 10.2. The van der Waals surface area contributed by atoms with Crippen LogP contribution in [0.2, 0.25) is 0 Å². The SMILES string of the molecule is CSCCC(NC(=O)NC(C)c1ccccn1)C(=O)O. The van der Waals surface area contributed by atoms with Gasteiger partial charge >= 0.3 is 12.0 Å². The van der Waals surface area contributed by atoms with Crippen LogP contribution in [0.25, 0.3) is 0 Å². The largest absolute Gasteiger partial charge is 0.480 e. The Hall–Kier alpha value is -1.76. The molecule has 0 saturated carbocycles. The van der Waals surface area contributed by atoms with E-state index in [1.807, 2.05) is 12.3 Å². The van der Waals surface area contributed by atoms with Gasteiger partial charge in [-0.1, -0.05) is 6.07 Å². The Morgan fingerprint density at radius 3 is 2.70 bits per heavy atom. The smallest absolute Gasteiger partial charge is 0.326 e. The molecule has 3 N–H and O–H groups in total. The highest BCUT2D eigenvalue weighted by Crippen LogP contribution is 2.07. The number of carbonyl (C=O) groups is 2. The fourth-order valence-corrected chi connectivity index (χ4v) is 2.07.